The number of benzene rings is 2. The largest absolute Gasteiger partial charge is 0.375 e. The second-order valence-electron chi connectivity index (χ2n) is 5.72. The lowest BCUT2D eigenvalue weighted by atomic mass is 10.0. The van der Waals surface area contributed by atoms with Gasteiger partial charge in [0.25, 0.3) is 5.70 Å². The number of nitrogens with zero attached hydrogens (tertiary/aromatic N) is 3. The number of hydrogen-bond donors (Lipinski definition) is 0. The van der Waals surface area contributed by atoms with Gasteiger partial charge in [-0.3, -0.25) is 0 Å². The van der Waals surface area contributed by atoms with Gasteiger partial charge in [-0.1, -0.05) is 31.5 Å². The Labute approximate surface area is 138 Å². The van der Waals surface area contributed by atoms with Crippen molar-refractivity contribution in [3.63, 3.8) is 0 Å². The van der Waals surface area contributed by atoms with E-state index in [0.29, 0.717) is 0 Å². The Balaban J connectivity index is 2.39. The van der Waals surface area contributed by atoms with Crippen molar-refractivity contribution in [3.05, 3.63) is 59.1 Å². The second-order valence-corrected chi connectivity index (χ2v) is 5.72. The Morgan fingerprint density at radius 2 is 1.91 bits per heavy atom. The van der Waals surface area contributed by atoms with Crippen molar-refractivity contribution < 1.29 is 0 Å². The Hall–Kier alpha value is -2.78. The van der Waals surface area contributed by atoms with Crippen molar-refractivity contribution in [1.82, 2.24) is 0 Å². The molecule has 0 bridgehead atoms. The van der Waals surface area contributed by atoms with E-state index in [-0.39, 0.29) is 5.70 Å². The molecule has 0 saturated carbocycles. The summed E-state index contributed by atoms with van der Waals surface area (Å²) in [6.07, 6.45) is 2.38. The molecule has 3 heteroatoms. The predicted molar refractivity (Wildman–Crippen MR) is 96.9 cm³/mol. The molecule has 0 radical (unpaired) electrons. The van der Waals surface area contributed by atoms with Crippen LogP contribution in [0.5, 0.6) is 0 Å². The van der Waals surface area contributed by atoms with Crippen molar-refractivity contribution in [1.29, 1.82) is 5.26 Å². The molecule has 0 saturated heterocycles. The average Bonchev–Trinajstić information content (AvgIpc) is 2.59. The summed E-state index contributed by atoms with van der Waals surface area (Å²) in [5.74, 6) is 0. The third-order valence-electron chi connectivity index (χ3n) is 4.12. The van der Waals surface area contributed by atoms with Gasteiger partial charge in [-0.25, -0.2) is 10.1 Å². The zero-order valence-electron chi connectivity index (χ0n) is 13.9. The maximum absolute atomic E-state index is 9.01. The second kappa shape index (κ2) is 7.47. The highest BCUT2D eigenvalue weighted by Gasteiger charge is 2.06. The molecule has 0 N–H and O–H groups in total. The Morgan fingerprint density at radius 1 is 1.22 bits per heavy atom. The van der Waals surface area contributed by atoms with Gasteiger partial charge in [0.15, 0.2) is 0 Å². The Kier molecular flexibility index (Phi) is 5.39. The summed E-state index contributed by atoms with van der Waals surface area (Å²) in [6, 6.07) is 14.5. The SMILES string of the molecule is [C-]#[N+]/C(C#N)=C(/C)c1ccc2cc(N(C)CCCC)ccc2c1. The molecule has 0 spiro atoms. The number of unbranched alkanes of at least 4 members (excludes halogenated alkanes) is 1. The molecule has 116 valence electrons. The molecular formula is C20H21N3. The van der Waals surface area contributed by atoms with Crippen LogP contribution in [-0.4, -0.2) is 13.6 Å². The molecule has 0 unspecified atom stereocenters. The van der Waals surface area contributed by atoms with E-state index >= 15 is 0 Å². The van der Waals surface area contributed by atoms with Crippen molar-refractivity contribution in [3.8, 4) is 6.07 Å². The summed E-state index contributed by atoms with van der Waals surface area (Å²) in [4.78, 5) is 5.56. The van der Waals surface area contributed by atoms with Crippen LogP contribution < -0.4 is 4.90 Å². The molecule has 2 rings (SSSR count). The van der Waals surface area contributed by atoms with Crippen LogP contribution in [0.15, 0.2) is 42.1 Å². The summed E-state index contributed by atoms with van der Waals surface area (Å²) in [6.45, 7) is 12.1. The zero-order chi connectivity index (χ0) is 16.8. The first-order valence-corrected chi connectivity index (χ1v) is 7.84. The number of nitriles is 1. The highest BCUT2D eigenvalue weighted by molar-refractivity contribution is 5.89. The van der Waals surface area contributed by atoms with Crippen molar-refractivity contribution in [2.24, 2.45) is 0 Å². The van der Waals surface area contributed by atoms with Gasteiger partial charge in [-0.2, -0.15) is 0 Å². The van der Waals surface area contributed by atoms with Crippen molar-refractivity contribution in [2.45, 2.75) is 26.7 Å². The van der Waals surface area contributed by atoms with Crippen LogP contribution in [0.25, 0.3) is 21.2 Å². The molecular weight excluding hydrogens is 282 g/mol. The third kappa shape index (κ3) is 3.71. The number of allylic oxidation sites excluding steroid dienone is 2. The van der Waals surface area contributed by atoms with Crippen LogP contribution in [0.1, 0.15) is 32.3 Å². The minimum atomic E-state index is 0.153. The molecule has 0 aliphatic carbocycles. The van der Waals surface area contributed by atoms with E-state index in [0.717, 1.165) is 23.1 Å². The van der Waals surface area contributed by atoms with Gasteiger partial charge in [0.05, 0.1) is 12.6 Å². The molecule has 0 aliphatic rings. The Morgan fingerprint density at radius 3 is 2.57 bits per heavy atom. The minimum Gasteiger partial charge on any atom is -0.375 e. The summed E-state index contributed by atoms with van der Waals surface area (Å²) in [7, 11) is 2.12. The van der Waals surface area contributed by atoms with Gasteiger partial charge < -0.3 is 4.90 Å². The number of hydrogen-bond acceptors (Lipinski definition) is 2. The van der Waals surface area contributed by atoms with Crippen LogP contribution in [0.3, 0.4) is 0 Å². The lowest BCUT2D eigenvalue weighted by Gasteiger charge is -2.19. The van der Waals surface area contributed by atoms with E-state index in [1.807, 2.05) is 25.1 Å². The lowest BCUT2D eigenvalue weighted by Crippen LogP contribution is -2.17. The molecule has 0 atom stereocenters. The first-order valence-electron chi connectivity index (χ1n) is 7.84. The lowest BCUT2D eigenvalue weighted by molar-refractivity contribution is 0.767. The highest BCUT2D eigenvalue weighted by atomic mass is 15.1. The topological polar surface area (TPSA) is 31.4 Å². The van der Waals surface area contributed by atoms with E-state index < -0.39 is 0 Å². The monoisotopic (exact) mass is 303 g/mol. The van der Waals surface area contributed by atoms with E-state index in [1.165, 1.54) is 23.9 Å². The van der Waals surface area contributed by atoms with Gasteiger partial charge >= 0.3 is 0 Å². The molecule has 2 aromatic rings. The quantitative estimate of drug-likeness (QED) is 0.558. The van der Waals surface area contributed by atoms with Crippen LogP contribution in [0, 0.1) is 17.9 Å². The smallest absolute Gasteiger partial charge is 0.265 e. The van der Waals surface area contributed by atoms with Gasteiger partial charge in [0, 0.05) is 19.3 Å². The molecule has 23 heavy (non-hydrogen) atoms. The van der Waals surface area contributed by atoms with E-state index in [2.05, 4.69) is 48.0 Å². The van der Waals surface area contributed by atoms with E-state index in [1.54, 1.807) is 0 Å². The average molecular weight is 303 g/mol. The predicted octanol–water partition coefficient (Wildman–Crippen LogP) is 5.25. The highest BCUT2D eigenvalue weighted by Crippen LogP contribution is 2.26. The molecule has 2 aromatic carbocycles. The summed E-state index contributed by atoms with van der Waals surface area (Å²) >= 11 is 0. The molecule has 0 heterocycles. The van der Waals surface area contributed by atoms with Gasteiger partial charge in [0.2, 0.25) is 0 Å². The molecule has 0 amide bonds. The summed E-state index contributed by atoms with van der Waals surface area (Å²) < 4.78 is 0. The van der Waals surface area contributed by atoms with Crippen LogP contribution in [0.2, 0.25) is 0 Å². The summed E-state index contributed by atoms with van der Waals surface area (Å²) in [5, 5.41) is 11.3. The van der Waals surface area contributed by atoms with Crippen molar-refractivity contribution in [2.75, 3.05) is 18.5 Å². The van der Waals surface area contributed by atoms with Crippen LogP contribution in [0.4, 0.5) is 5.69 Å². The fourth-order valence-electron chi connectivity index (χ4n) is 2.56. The normalized spacial score (nSPS) is 11.5. The first-order chi connectivity index (χ1) is 11.1. The van der Waals surface area contributed by atoms with Gasteiger partial charge in [-0.15, -0.1) is 0 Å². The fourth-order valence-corrected chi connectivity index (χ4v) is 2.56. The number of fused-ring (bicyclic) bond motifs is 1. The first kappa shape index (κ1) is 16.6. The van der Waals surface area contributed by atoms with Crippen molar-refractivity contribution >= 4 is 22.0 Å². The third-order valence-corrected chi connectivity index (χ3v) is 4.12. The molecule has 3 nitrogen and oxygen atoms in total. The number of anilines is 1. The van der Waals surface area contributed by atoms with Gasteiger partial charge in [0.1, 0.15) is 0 Å². The maximum Gasteiger partial charge on any atom is 0.265 e. The van der Waals surface area contributed by atoms with Crippen LogP contribution in [-0.2, 0) is 0 Å². The van der Waals surface area contributed by atoms with Crippen LogP contribution >= 0.6 is 0 Å². The standard InChI is InChI=1S/C20H21N3/c1-5-6-11-23(4)19-10-9-17-12-16(7-8-18(17)13-19)15(2)20(14-21)22-3/h7-10,12-13H,5-6,11H2,1-2,4H3/b20-15-. The number of rotatable bonds is 5. The maximum atomic E-state index is 9.01. The molecule has 0 fully saturated rings. The van der Waals surface area contributed by atoms with Gasteiger partial charge in [-0.05, 0) is 53.5 Å². The molecule has 0 aliphatic heterocycles. The Bertz CT molecular complexity index is 803. The zero-order valence-corrected chi connectivity index (χ0v) is 13.9. The van der Waals surface area contributed by atoms with E-state index in [9.17, 15) is 0 Å². The fraction of sp³-hybridized carbons (Fsp3) is 0.300. The minimum absolute atomic E-state index is 0.153. The summed E-state index contributed by atoms with van der Waals surface area (Å²) in [5.41, 5.74) is 3.02. The molecule has 0 aromatic heterocycles. The van der Waals surface area contributed by atoms with E-state index in [4.69, 9.17) is 11.8 Å².